The standard InChI is InChI=1S/C19H26N4O3/c1-14-7-12-23(20-14)16-5-3-15(4-6-16)19(26)21(2)13-18(25)22-10-8-17(24)9-11-22/h3-6,17,24H,7-13H2,1-2H3. The average Bonchev–Trinajstić information content (AvgIpc) is 3.08. The van der Waals surface area contributed by atoms with Crippen LogP contribution in [-0.4, -0.2) is 71.8 Å². The van der Waals surface area contributed by atoms with E-state index in [-0.39, 0.29) is 24.5 Å². The molecule has 1 N–H and O–H groups in total. The van der Waals surface area contributed by atoms with Crippen LogP contribution in [0.25, 0.3) is 0 Å². The van der Waals surface area contributed by atoms with Crippen molar-refractivity contribution < 1.29 is 14.7 Å². The molecule has 7 nitrogen and oxygen atoms in total. The molecule has 2 aliphatic heterocycles. The van der Waals surface area contributed by atoms with Crippen molar-refractivity contribution in [2.24, 2.45) is 5.10 Å². The number of piperidine rings is 1. The molecule has 1 aromatic rings. The lowest BCUT2D eigenvalue weighted by Crippen LogP contribution is -2.45. The van der Waals surface area contributed by atoms with E-state index in [1.165, 1.54) is 4.90 Å². The zero-order valence-electron chi connectivity index (χ0n) is 15.4. The molecule has 2 heterocycles. The fourth-order valence-corrected chi connectivity index (χ4v) is 3.25. The number of hydrogen-bond donors (Lipinski definition) is 1. The largest absolute Gasteiger partial charge is 0.393 e. The summed E-state index contributed by atoms with van der Waals surface area (Å²) in [5.41, 5.74) is 2.62. The van der Waals surface area contributed by atoms with Crippen molar-refractivity contribution in [2.75, 3.05) is 38.2 Å². The van der Waals surface area contributed by atoms with Crippen LogP contribution in [0, 0.1) is 0 Å². The number of aliphatic hydroxyl groups is 1. The first-order valence-electron chi connectivity index (χ1n) is 9.07. The summed E-state index contributed by atoms with van der Waals surface area (Å²) in [4.78, 5) is 28.1. The predicted molar refractivity (Wildman–Crippen MR) is 100 cm³/mol. The van der Waals surface area contributed by atoms with Crippen LogP contribution < -0.4 is 5.01 Å². The number of likely N-dealkylation sites (N-methyl/N-ethyl adjacent to an activating group) is 1. The molecule has 0 atom stereocenters. The minimum atomic E-state index is -0.319. The Balaban J connectivity index is 1.57. The molecule has 26 heavy (non-hydrogen) atoms. The summed E-state index contributed by atoms with van der Waals surface area (Å²) in [6.45, 7) is 4.01. The Morgan fingerprint density at radius 1 is 1.19 bits per heavy atom. The van der Waals surface area contributed by atoms with Crippen LogP contribution in [0.3, 0.4) is 0 Å². The number of anilines is 1. The van der Waals surface area contributed by atoms with Gasteiger partial charge in [-0.05, 0) is 44.0 Å². The Morgan fingerprint density at radius 2 is 1.85 bits per heavy atom. The Hall–Kier alpha value is -2.41. The second-order valence-corrected chi connectivity index (χ2v) is 7.03. The van der Waals surface area contributed by atoms with Gasteiger partial charge in [-0.25, -0.2) is 0 Å². The minimum absolute atomic E-state index is 0.0479. The molecule has 0 saturated carbocycles. The maximum atomic E-state index is 12.6. The van der Waals surface area contributed by atoms with E-state index < -0.39 is 0 Å². The third-order valence-corrected chi connectivity index (χ3v) is 4.93. The molecule has 0 unspecified atom stereocenters. The lowest BCUT2D eigenvalue weighted by atomic mass is 10.1. The van der Waals surface area contributed by atoms with Gasteiger partial charge >= 0.3 is 0 Å². The van der Waals surface area contributed by atoms with Crippen LogP contribution >= 0.6 is 0 Å². The van der Waals surface area contributed by atoms with E-state index in [1.807, 2.05) is 24.1 Å². The van der Waals surface area contributed by atoms with Gasteiger partial charge < -0.3 is 14.9 Å². The minimum Gasteiger partial charge on any atom is -0.393 e. The number of aliphatic hydroxyl groups excluding tert-OH is 1. The normalized spacial score (nSPS) is 18.0. The highest BCUT2D eigenvalue weighted by Crippen LogP contribution is 2.20. The first-order valence-corrected chi connectivity index (χ1v) is 9.07. The van der Waals surface area contributed by atoms with Crippen LogP contribution in [0.1, 0.15) is 36.5 Å². The number of amides is 2. The fourth-order valence-electron chi connectivity index (χ4n) is 3.25. The molecule has 0 spiro atoms. The topological polar surface area (TPSA) is 76.5 Å². The Morgan fingerprint density at radius 3 is 2.42 bits per heavy atom. The summed E-state index contributed by atoms with van der Waals surface area (Å²) in [7, 11) is 1.64. The summed E-state index contributed by atoms with van der Waals surface area (Å²) in [6.07, 6.45) is 1.84. The van der Waals surface area contributed by atoms with Crippen LogP contribution in [0.5, 0.6) is 0 Å². The lowest BCUT2D eigenvalue weighted by Gasteiger charge is -2.31. The van der Waals surface area contributed by atoms with Crippen LogP contribution in [0.2, 0.25) is 0 Å². The molecular formula is C19H26N4O3. The number of carbonyl (C=O) groups is 2. The SMILES string of the molecule is CC1=NN(c2ccc(C(=O)N(C)CC(=O)N3CCC(O)CC3)cc2)CC1. The fraction of sp³-hybridized carbons (Fsp3) is 0.526. The van der Waals surface area contributed by atoms with Crippen molar-refractivity contribution in [3.63, 3.8) is 0 Å². The molecule has 1 saturated heterocycles. The molecule has 7 heteroatoms. The quantitative estimate of drug-likeness (QED) is 0.881. The highest BCUT2D eigenvalue weighted by Gasteiger charge is 2.24. The van der Waals surface area contributed by atoms with Gasteiger partial charge in [0.2, 0.25) is 5.91 Å². The van der Waals surface area contributed by atoms with Gasteiger partial charge in [0.25, 0.3) is 5.91 Å². The third kappa shape index (κ3) is 4.22. The van der Waals surface area contributed by atoms with Crippen LogP contribution in [-0.2, 0) is 4.79 Å². The number of likely N-dealkylation sites (tertiary alicyclic amines) is 1. The van der Waals surface area contributed by atoms with E-state index >= 15 is 0 Å². The Kier molecular flexibility index (Phi) is 5.56. The molecule has 0 aliphatic carbocycles. The lowest BCUT2D eigenvalue weighted by molar-refractivity contribution is -0.133. The van der Waals surface area contributed by atoms with E-state index in [2.05, 4.69) is 5.10 Å². The van der Waals surface area contributed by atoms with E-state index in [1.54, 1.807) is 24.1 Å². The number of carbonyl (C=O) groups excluding carboxylic acids is 2. The second kappa shape index (κ2) is 7.86. The van der Waals surface area contributed by atoms with E-state index in [9.17, 15) is 14.7 Å². The number of hydrazone groups is 1. The zero-order chi connectivity index (χ0) is 18.7. The average molecular weight is 358 g/mol. The van der Waals surface area contributed by atoms with Crippen LogP contribution in [0.4, 0.5) is 5.69 Å². The third-order valence-electron chi connectivity index (χ3n) is 4.93. The number of nitrogens with zero attached hydrogens (tertiary/aromatic N) is 4. The van der Waals surface area contributed by atoms with Crippen LogP contribution in [0.15, 0.2) is 29.4 Å². The smallest absolute Gasteiger partial charge is 0.254 e. The summed E-state index contributed by atoms with van der Waals surface area (Å²) in [5, 5.41) is 15.9. The zero-order valence-corrected chi connectivity index (χ0v) is 15.4. The Bertz CT molecular complexity index is 693. The van der Waals surface area contributed by atoms with Crippen molar-refractivity contribution in [2.45, 2.75) is 32.3 Å². The number of hydrogen-bond acceptors (Lipinski definition) is 5. The molecular weight excluding hydrogens is 332 g/mol. The molecule has 0 aromatic heterocycles. The van der Waals surface area contributed by atoms with Gasteiger partial charge in [0.1, 0.15) is 0 Å². The highest BCUT2D eigenvalue weighted by molar-refractivity contribution is 5.96. The number of benzene rings is 1. The van der Waals surface area contributed by atoms with Crippen molar-refractivity contribution in [3.05, 3.63) is 29.8 Å². The highest BCUT2D eigenvalue weighted by atomic mass is 16.3. The maximum Gasteiger partial charge on any atom is 0.254 e. The van der Waals surface area contributed by atoms with Gasteiger partial charge in [0, 0.05) is 44.4 Å². The van der Waals surface area contributed by atoms with Gasteiger partial charge in [-0.1, -0.05) is 0 Å². The molecule has 1 fully saturated rings. The van der Waals surface area contributed by atoms with Crippen molar-refractivity contribution >= 4 is 23.2 Å². The molecule has 1 aromatic carbocycles. The molecule has 0 radical (unpaired) electrons. The first kappa shape index (κ1) is 18.4. The van der Waals surface area contributed by atoms with E-state index in [4.69, 9.17) is 0 Å². The monoisotopic (exact) mass is 358 g/mol. The van der Waals surface area contributed by atoms with Gasteiger partial charge in [0.05, 0.1) is 18.3 Å². The van der Waals surface area contributed by atoms with Crippen molar-refractivity contribution in [3.8, 4) is 0 Å². The summed E-state index contributed by atoms with van der Waals surface area (Å²) < 4.78 is 0. The number of rotatable bonds is 4. The van der Waals surface area contributed by atoms with Crippen molar-refractivity contribution in [1.82, 2.24) is 9.80 Å². The maximum absolute atomic E-state index is 12.6. The van der Waals surface area contributed by atoms with E-state index in [0.717, 1.165) is 24.4 Å². The second-order valence-electron chi connectivity index (χ2n) is 7.03. The molecule has 2 aliphatic rings. The summed E-state index contributed by atoms with van der Waals surface area (Å²) in [5.74, 6) is -0.255. The predicted octanol–water partition coefficient (Wildman–Crippen LogP) is 1.33. The molecule has 0 bridgehead atoms. The summed E-state index contributed by atoms with van der Waals surface area (Å²) >= 11 is 0. The summed E-state index contributed by atoms with van der Waals surface area (Å²) in [6, 6.07) is 7.33. The van der Waals surface area contributed by atoms with Gasteiger partial charge in [-0.3, -0.25) is 14.6 Å². The van der Waals surface area contributed by atoms with Gasteiger partial charge in [0.15, 0.2) is 0 Å². The Labute approximate surface area is 153 Å². The molecule has 3 rings (SSSR count). The van der Waals surface area contributed by atoms with Gasteiger partial charge in [-0.15, -0.1) is 0 Å². The van der Waals surface area contributed by atoms with E-state index in [0.29, 0.717) is 31.5 Å². The molecule has 2 amide bonds. The molecule has 140 valence electrons. The van der Waals surface area contributed by atoms with Crippen molar-refractivity contribution in [1.29, 1.82) is 0 Å². The van der Waals surface area contributed by atoms with Gasteiger partial charge in [-0.2, -0.15) is 5.10 Å². The first-order chi connectivity index (χ1) is 12.4.